The fourth-order valence-corrected chi connectivity index (χ4v) is 2.97. The van der Waals surface area contributed by atoms with E-state index in [1.807, 2.05) is 0 Å². The summed E-state index contributed by atoms with van der Waals surface area (Å²) in [6.45, 7) is 0.124. The average Bonchev–Trinajstić information content (AvgIpc) is 2.78. The predicted octanol–water partition coefficient (Wildman–Crippen LogP) is 3.12. The molecule has 10 nitrogen and oxygen atoms in total. The maximum atomic E-state index is 13.0. The van der Waals surface area contributed by atoms with E-state index in [4.69, 9.17) is 25.8 Å². The Kier molecular flexibility index (Phi) is 8.01. The largest absolute Gasteiger partial charge is 0.497 e. The molecule has 3 rings (SSSR count). The standard InChI is InChI=1S/C22H22ClN5O5/c1-31-12-16-10-19(29)26-21(25-16)28-22(24-15-6-4-5-14(23)9-15)27-20(30)13-7-17(32-2)11-18(8-13)33-3/h4-11H,12H2,1-3H3,(H3,24,25,26,27,28,29,30). The first kappa shape index (κ1) is 23.8. The van der Waals surface area contributed by atoms with Crippen molar-refractivity contribution in [2.45, 2.75) is 6.61 Å². The molecule has 1 aromatic heterocycles. The summed E-state index contributed by atoms with van der Waals surface area (Å²) in [5.41, 5.74) is 0.786. The van der Waals surface area contributed by atoms with Gasteiger partial charge in [-0.1, -0.05) is 17.7 Å². The highest BCUT2D eigenvalue weighted by atomic mass is 35.5. The molecule has 0 aliphatic carbocycles. The first-order chi connectivity index (χ1) is 15.9. The van der Waals surface area contributed by atoms with Crippen molar-refractivity contribution in [1.82, 2.24) is 15.3 Å². The van der Waals surface area contributed by atoms with Gasteiger partial charge in [0.1, 0.15) is 11.5 Å². The number of guanidine groups is 1. The highest BCUT2D eigenvalue weighted by Crippen LogP contribution is 2.22. The van der Waals surface area contributed by atoms with Crippen LogP contribution in [-0.4, -0.2) is 43.2 Å². The van der Waals surface area contributed by atoms with Gasteiger partial charge in [0.2, 0.25) is 11.9 Å². The fourth-order valence-electron chi connectivity index (χ4n) is 2.78. The van der Waals surface area contributed by atoms with E-state index in [0.29, 0.717) is 27.9 Å². The van der Waals surface area contributed by atoms with E-state index in [-0.39, 0.29) is 24.1 Å². The summed E-state index contributed by atoms with van der Waals surface area (Å²) in [6.07, 6.45) is 0. The Balaban J connectivity index is 1.98. The molecule has 0 saturated heterocycles. The number of halogens is 1. The van der Waals surface area contributed by atoms with E-state index in [0.717, 1.165) is 0 Å². The van der Waals surface area contributed by atoms with E-state index in [2.05, 4.69) is 25.6 Å². The van der Waals surface area contributed by atoms with Crippen molar-refractivity contribution >= 4 is 35.1 Å². The number of methoxy groups -OCH3 is 3. The number of benzene rings is 2. The highest BCUT2D eigenvalue weighted by Gasteiger charge is 2.14. The molecule has 0 spiro atoms. The molecule has 0 aliphatic rings. The van der Waals surface area contributed by atoms with E-state index in [9.17, 15) is 9.59 Å². The van der Waals surface area contributed by atoms with Crippen LogP contribution in [0.3, 0.4) is 0 Å². The Morgan fingerprint density at radius 3 is 2.45 bits per heavy atom. The van der Waals surface area contributed by atoms with Gasteiger partial charge in [-0.25, -0.2) is 4.98 Å². The summed E-state index contributed by atoms with van der Waals surface area (Å²) in [7, 11) is 4.46. The number of nitrogens with one attached hydrogen (secondary N) is 3. The summed E-state index contributed by atoms with van der Waals surface area (Å²) in [5, 5.41) is 6.13. The minimum Gasteiger partial charge on any atom is -0.497 e. The van der Waals surface area contributed by atoms with Gasteiger partial charge in [0.25, 0.3) is 11.5 Å². The zero-order valence-corrected chi connectivity index (χ0v) is 18.9. The molecule has 33 heavy (non-hydrogen) atoms. The molecular formula is C22H22ClN5O5. The van der Waals surface area contributed by atoms with Gasteiger partial charge in [-0.2, -0.15) is 4.99 Å². The van der Waals surface area contributed by atoms with Crippen LogP contribution in [-0.2, 0) is 11.3 Å². The first-order valence-corrected chi connectivity index (χ1v) is 10.0. The molecule has 0 atom stereocenters. The molecule has 0 fully saturated rings. The minimum absolute atomic E-state index is 0.00164. The zero-order valence-electron chi connectivity index (χ0n) is 18.1. The molecule has 0 aliphatic heterocycles. The number of hydrogen-bond donors (Lipinski definition) is 3. The van der Waals surface area contributed by atoms with Gasteiger partial charge in [-0.05, 0) is 30.3 Å². The number of carbonyl (C=O) groups excluding carboxylic acids is 1. The number of rotatable bonds is 7. The second-order valence-electron chi connectivity index (χ2n) is 6.64. The van der Waals surface area contributed by atoms with Gasteiger partial charge in [0.15, 0.2) is 0 Å². The first-order valence-electron chi connectivity index (χ1n) is 9.65. The van der Waals surface area contributed by atoms with Gasteiger partial charge >= 0.3 is 0 Å². The summed E-state index contributed by atoms with van der Waals surface area (Å²) in [6, 6.07) is 12.9. The Hall–Kier alpha value is -3.89. The molecule has 1 amide bonds. The van der Waals surface area contributed by atoms with Crippen LogP contribution in [0.4, 0.5) is 11.6 Å². The number of anilines is 1. The van der Waals surface area contributed by atoms with Crippen molar-refractivity contribution in [3.8, 4) is 11.5 Å². The fraction of sp³-hybridized carbons (Fsp3) is 0.182. The third kappa shape index (κ3) is 6.79. The monoisotopic (exact) mass is 471 g/mol. The molecule has 11 heteroatoms. The number of H-pyrrole nitrogens is 1. The van der Waals surface area contributed by atoms with Gasteiger partial charge in [0, 0.05) is 35.5 Å². The predicted molar refractivity (Wildman–Crippen MR) is 125 cm³/mol. The SMILES string of the molecule is COCc1cc(=O)[nH]c(/N=C(\NC(=O)c2cc(OC)cc(OC)c2)Nc2cccc(Cl)c2)n1. The summed E-state index contributed by atoms with van der Waals surface area (Å²) >= 11 is 6.06. The van der Waals surface area contributed by atoms with Crippen LogP contribution in [0.1, 0.15) is 16.1 Å². The maximum Gasteiger partial charge on any atom is 0.258 e. The van der Waals surface area contributed by atoms with Crippen LogP contribution in [0, 0.1) is 0 Å². The Morgan fingerprint density at radius 2 is 1.82 bits per heavy atom. The molecule has 0 saturated carbocycles. The Morgan fingerprint density at radius 1 is 1.09 bits per heavy atom. The smallest absolute Gasteiger partial charge is 0.258 e. The lowest BCUT2D eigenvalue weighted by atomic mass is 10.2. The lowest BCUT2D eigenvalue weighted by Gasteiger charge is -2.13. The van der Waals surface area contributed by atoms with Crippen molar-refractivity contribution in [3.63, 3.8) is 0 Å². The molecule has 0 bridgehead atoms. The van der Waals surface area contributed by atoms with Crippen LogP contribution in [0.15, 0.2) is 58.3 Å². The lowest BCUT2D eigenvalue weighted by molar-refractivity contribution is 0.0976. The molecule has 3 aromatic rings. The van der Waals surface area contributed by atoms with Gasteiger partial charge in [-0.15, -0.1) is 0 Å². The Bertz CT molecular complexity index is 1210. The summed E-state index contributed by atoms with van der Waals surface area (Å²) < 4.78 is 15.5. The van der Waals surface area contributed by atoms with Crippen LogP contribution >= 0.6 is 11.6 Å². The molecule has 2 aromatic carbocycles. The van der Waals surface area contributed by atoms with Crippen LogP contribution in [0.25, 0.3) is 0 Å². The minimum atomic E-state index is -0.504. The van der Waals surface area contributed by atoms with Crippen LogP contribution in [0.2, 0.25) is 5.02 Å². The second-order valence-corrected chi connectivity index (χ2v) is 7.08. The number of aromatic amines is 1. The number of aromatic nitrogens is 2. The molecule has 0 unspecified atom stereocenters. The third-order valence-corrected chi connectivity index (χ3v) is 4.46. The molecule has 0 radical (unpaired) electrons. The van der Waals surface area contributed by atoms with Crippen molar-refractivity contribution in [1.29, 1.82) is 0 Å². The highest BCUT2D eigenvalue weighted by molar-refractivity contribution is 6.31. The molecule has 1 heterocycles. The second kappa shape index (κ2) is 11.1. The third-order valence-electron chi connectivity index (χ3n) is 4.23. The summed E-state index contributed by atoms with van der Waals surface area (Å²) in [5.74, 6) is 0.360. The number of hydrogen-bond acceptors (Lipinski definition) is 7. The molecule has 3 N–H and O–H groups in total. The van der Waals surface area contributed by atoms with E-state index >= 15 is 0 Å². The van der Waals surface area contributed by atoms with Crippen LogP contribution < -0.4 is 25.7 Å². The van der Waals surface area contributed by atoms with Gasteiger partial charge in [-0.3, -0.25) is 19.9 Å². The van der Waals surface area contributed by atoms with Crippen molar-refractivity contribution < 1.29 is 19.0 Å². The van der Waals surface area contributed by atoms with Gasteiger partial charge in [0.05, 0.1) is 26.5 Å². The number of ether oxygens (including phenoxy) is 3. The topological polar surface area (TPSA) is 127 Å². The van der Waals surface area contributed by atoms with E-state index < -0.39 is 11.5 Å². The number of amides is 1. The average molecular weight is 472 g/mol. The Labute approximate surface area is 194 Å². The quantitative estimate of drug-likeness (QED) is 0.357. The van der Waals surface area contributed by atoms with Crippen molar-refractivity contribution in [3.05, 3.63) is 75.2 Å². The van der Waals surface area contributed by atoms with Crippen molar-refractivity contribution in [2.75, 3.05) is 26.6 Å². The molecule has 172 valence electrons. The van der Waals surface area contributed by atoms with Crippen LogP contribution in [0.5, 0.6) is 11.5 Å². The zero-order chi connectivity index (χ0) is 23.8. The van der Waals surface area contributed by atoms with Gasteiger partial charge < -0.3 is 19.5 Å². The number of aliphatic imine (C=N–C) groups is 1. The normalized spacial score (nSPS) is 11.1. The maximum absolute atomic E-state index is 13.0. The lowest BCUT2D eigenvalue weighted by Crippen LogP contribution is -2.36. The number of nitrogens with zero attached hydrogens (tertiary/aromatic N) is 2. The summed E-state index contributed by atoms with van der Waals surface area (Å²) in [4.78, 5) is 36.0. The van der Waals surface area contributed by atoms with Crippen molar-refractivity contribution in [2.24, 2.45) is 4.99 Å². The van der Waals surface area contributed by atoms with E-state index in [1.165, 1.54) is 27.4 Å². The molecular weight excluding hydrogens is 450 g/mol. The van der Waals surface area contributed by atoms with E-state index in [1.54, 1.807) is 42.5 Å². The number of carbonyl (C=O) groups is 1.